The van der Waals surface area contributed by atoms with E-state index in [1.54, 1.807) is 0 Å². The van der Waals surface area contributed by atoms with Gasteiger partial charge < -0.3 is 5.32 Å². The summed E-state index contributed by atoms with van der Waals surface area (Å²) < 4.78 is 0.461. The number of anilines is 1. The Balaban J connectivity index is 2.74. The molecule has 14 heavy (non-hydrogen) atoms. The molecule has 1 amide bonds. The van der Waals surface area contributed by atoms with Crippen molar-refractivity contribution in [2.75, 3.05) is 9.74 Å². The summed E-state index contributed by atoms with van der Waals surface area (Å²) in [5, 5.41) is 3.44. The third kappa shape index (κ3) is 3.20. The van der Waals surface area contributed by atoms with Gasteiger partial charge in [0.1, 0.15) is 0 Å². The number of halogens is 1. The van der Waals surface area contributed by atoms with Crippen LogP contribution in [-0.2, 0) is 10.2 Å². The summed E-state index contributed by atoms with van der Waals surface area (Å²) in [6.07, 6.45) is 1.83. The molecule has 0 saturated carbocycles. The largest absolute Gasteiger partial charge is 0.301 e. The lowest BCUT2D eigenvalue weighted by atomic mass is 9.96. The number of hydrogen-bond acceptors (Lipinski definition) is 3. The monoisotopic (exact) mass is 324 g/mol. The number of thiazole rings is 1. The molecule has 0 radical (unpaired) electrons. The van der Waals surface area contributed by atoms with Crippen LogP contribution < -0.4 is 5.32 Å². The zero-order chi connectivity index (χ0) is 10.8. The van der Waals surface area contributed by atoms with Crippen LogP contribution >= 0.6 is 33.9 Å². The fraction of sp³-hybridized carbons (Fsp3) is 0.556. The van der Waals surface area contributed by atoms with Crippen molar-refractivity contribution in [1.29, 1.82) is 0 Å². The standard InChI is InChI=1S/C9H13IN2OS/c1-9(2,3)6-5-11-8(14-6)12-7(13)4-10/h5H,4H2,1-3H3,(H,11,12,13). The zero-order valence-corrected chi connectivity index (χ0v) is 11.4. The first kappa shape index (κ1) is 11.9. The number of carbonyl (C=O) groups excluding carboxylic acids is 1. The van der Waals surface area contributed by atoms with Crippen molar-refractivity contribution < 1.29 is 4.79 Å². The molecule has 0 atom stereocenters. The molecule has 0 bridgehead atoms. The number of alkyl halides is 1. The average molecular weight is 324 g/mol. The van der Waals surface area contributed by atoms with Gasteiger partial charge in [0.15, 0.2) is 5.13 Å². The number of aromatic nitrogens is 1. The molecule has 0 aliphatic carbocycles. The molecular formula is C9H13IN2OS. The lowest BCUT2D eigenvalue weighted by molar-refractivity contribution is -0.113. The van der Waals surface area contributed by atoms with Gasteiger partial charge in [-0.05, 0) is 5.41 Å². The highest BCUT2D eigenvalue weighted by Gasteiger charge is 2.17. The highest BCUT2D eigenvalue weighted by molar-refractivity contribution is 14.1. The fourth-order valence-corrected chi connectivity index (χ4v) is 1.91. The topological polar surface area (TPSA) is 42.0 Å². The Morgan fingerprint density at radius 2 is 2.29 bits per heavy atom. The smallest absolute Gasteiger partial charge is 0.235 e. The number of hydrogen-bond donors (Lipinski definition) is 1. The summed E-state index contributed by atoms with van der Waals surface area (Å²) in [5.41, 5.74) is 0.102. The number of nitrogens with zero attached hydrogens (tertiary/aromatic N) is 1. The number of carbonyl (C=O) groups is 1. The lowest BCUT2D eigenvalue weighted by Gasteiger charge is -2.14. The molecule has 1 aromatic heterocycles. The Morgan fingerprint density at radius 1 is 1.64 bits per heavy atom. The van der Waals surface area contributed by atoms with Gasteiger partial charge in [-0.3, -0.25) is 4.79 Å². The first-order valence-corrected chi connectivity index (χ1v) is 6.60. The van der Waals surface area contributed by atoms with E-state index >= 15 is 0 Å². The van der Waals surface area contributed by atoms with Gasteiger partial charge >= 0.3 is 0 Å². The molecule has 78 valence electrons. The second kappa shape index (κ2) is 4.57. The summed E-state index contributed by atoms with van der Waals surface area (Å²) in [4.78, 5) is 16.4. The maximum atomic E-state index is 11.1. The Hall–Kier alpha value is -0.170. The third-order valence-electron chi connectivity index (χ3n) is 1.61. The van der Waals surface area contributed by atoms with Crippen molar-refractivity contribution in [3.05, 3.63) is 11.1 Å². The van der Waals surface area contributed by atoms with Crippen LogP contribution in [0.25, 0.3) is 0 Å². The summed E-state index contributed by atoms with van der Waals surface area (Å²) >= 11 is 3.57. The molecule has 1 heterocycles. The molecule has 0 aliphatic heterocycles. The minimum absolute atomic E-state index is 0.000379. The van der Waals surface area contributed by atoms with E-state index in [4.69, 9.17) is 0 Å². The van der Waals surface area contributed by atoms with Crippen molar-refractivity contribution >= 4 is 45.0 Å². The number of rotatable bonds is 2. The molecule has 1 aromatic rings. The van der Waals surface area contributed by atoms with Crippen molar-refractivity contribution in [3.63, 3.8) is 0 Å². The number of amides is 1. The van der Waals surface area contributed by atoms with E-state index in [1.165, 1.54) is 16.2 Å². The minimum Gasteiger partial charge on any atom is -0.301 e. The fourth-order valence-electron chi connectivity index (χ4n) is 0.831. The van der Waals surface area contributed by atoms with Gasteiger partial charge in [0.05, 0.1) is 4.43 Å². The van der Waals surface area contributed by atoms with Gasteiger partial charge in [-0.15, -0.1) is 11.3 Å². The third-order valence-corrected chi connectivity index (χ3v) is 3.64. The van der Waals surface area contributed by atoms with Crippen LogP contribution in [0.5, 0.6) is 0 Å². The second-order valence-electron chi connectivity index (χ2n) is 3.96. The highest BCUT2D eigenvalue weighted by Crippen LogP contribution is 2.29. The molecule has 0 unspecified atom stereocenters. The van der Waals surface area contributed by atoms with Crippen LogP contribution in [0.2, 0.25) is 0 Å². The quantitative estimate of drug-likeness (QED) is 0.671. The molecule has 0 aliphatic rings. The van der Waals surface area contributed by atoms with Crippen LogP contribution in [0.15, 0.2) is 6.20 Å². The van der Waals surface area contributed by atoms with Gasteiger partial charge in [0.2, 0.25) is 5.91 Å². The van der Waals surface area contributed by atoms with E-state index < -0.39 is 0 Å². The molecular weight excluding hydrogens is 311 g/mol. The van der Waals surface area contributed by atoms with Crippen LogP contribution in [-0.4, -0.2) is 15.3 Å². The van der Waals surface area contributed by atoms with Crippen LogP contribution in [0.1, 0.15) is 25.6 Å². The molecule has 0 aromatic carbocycles. The summed E-state index contributed by atoms with van der Waals surface area (Å²) in [7, 11) is 0. The summed E-state index contributed by atoms with van der Waals surface area (Å²) in [6, 6.07) is 0. The minimum atomic E-state index is 0.000379. The first-order valence-electron chi connectivity index (χ1n) is 4.25. The molecule has 1 rings (SSSR count). The molecule has 1 N–H and O–H groups in total. The highest BCUT2D eigenvalue weighted by atomic mass is 127. The van der Waals surface area contributed by atoms with Crippen LogP contribution in [0.4, 0.5) is 5.13 Å². The Morgan fingerprint density at radius 3 is 2.71 bits per heavy atom. The van der Waals surface area contributed by atoms with Crippen molar-refractivity contribution in [2.45, 2.75) is 26.2 Å². The summed E-state index contributed by atoms with van der Waals surface area (Å²) in [6.45, 7) is 6.39. The molecule has 5 heteroatoms. The summed E-state index contributed by atoms with van der Waals surface area (Å²) in [5.74, 6) is 0.000379. The van der Waals surface area contributed by atoms with E-state index in [0.29, 0.717) is 9.56 Å². The van der Waals surface area contributed by atoms with Gasteiger partial charge in [0.25, 0.3) is 0 Å². The normalized spacial score (nSPS) is 11.4. The van der Waals surface area contributed by atoms with Gasteiger partial charge in [-0.25, -0.2) is 4.98 Å². The maximum absolute atomic E-state index is 11.1. The number of nitrogens with one attached hydrogen (secondary N) is 1. The predicted octanol–water partition coefficient (Wildman–Crippen LogP) is 2.81. The predicted molar refractivity (Wildman–Crippen MR) is 68.3 cm³/mol. The Labute approximate surface area is 101 Å². The van der Waals surface area contributed by atoms with E-state index in [2.05, 4.69) is 31.1 Å². The van der Waals surface area contributed by atoms with E-state index in [0.717, 1.165) is 0 Å². The average Bonchev–Trinajstić information content (AvgIpc) is 2.51. The zero-order valence-electron chi connectivity index (χ0n) is 8.43. The van der Waals surface area contributed by atoms with Crippen molar-refractivity contribution in [3.8, 4) is 0 Å². The second-order valence-corrected chi connectivity index (χ2v) is 5.75. The van der Waals surface area contributed by atoms with Crippen LogP contribution in [0, 0.1) is 0 Å². The van der Waals surface area contributed by atoms with Gasteiger partial charge in [-0.2, -0.15) is 0 Å². The first-order chi connectivity index (χ1) is 6.43. The van der Waals surface area contributed by atoms with E-state index in [9.17, 15) is 4.79 Å². The van der Waals surface area contributed by atoms with E-state index in [1.807, 2.05) is 28.8 Å². The molecule has 0 fully saturated rings. The Bertz CT molecular complexity index is 330. The maximum Gasteiger partial charge on any atom is 0.235 e. The van der Waals surface area contributed by atoms with Crippen LogP contribution in [0.3, 0.4) is 0 Å². The SMILES string of the molecule is CC(C)(C)c1cnc(NC(=O)CI)s1. The van der Waals surface area contributed by atoms with Gasteiger partial charge in [0, 0.05) is 11.1 Å². The van der Waals surface area contributed by atoms with E-state index in [-0.39, 0.29) is 11.3 Å². The van der Waals surface area contributed by atoms with Gasteiger partial charge in [-0.1, -0.05) is 43.4 Å². The molecule has 3 nitrogen and oxygen atoms in total. The molecule has 0 spiro atoms. The lowest BCUT2D eigenvalue weighted by Crippen LogP contribution is -2.11. The Kier molecular flexibility index (Phi) is 3.88. The molecule has 0 saturated heterocycles. The van der Waals surface area contributed by atoms with Crippen molar-refractivity contribution in [2.24, 2.45) is 0 Å². The van der Waals surface area contributed by atoms with Crippen molar-refractivity contribution in [1.82, 2.24) is 4.98 Å².